The van der Waals surface area contributed by atoms with Gasteiger partial charge in [-0.15, -0.1) is 0 Å². The summed E-state index contributed by atoms with van der Waals surface area (Å²) in [6.07, 6.45) is -0.813. The minimum absolute atomic E-state index is 0.0256. The van der Waals surface area contributed by atoms with Crippen molar-refractivity contribution in [2.24, 2.45) is 15.4 Å². The third-order valence-electron chi connectivity index (χ3n) is 8.22. The summed E-state index contributed by atoms with van der Waals surface area (Å²) in [7, 11) is -1.38. The van der Waals surface area contributed by atoms with E-state index in [-0.39, 0.29) is 17.5 Å². The number of carbonyl (C=O) groups excluding carboxylic acids is 2. The second-order valence-corrected chi connectivity index (χ2v) is 12.8. The van der Waals surface area contributed by atoms with Crippen LogP contribution in [0.4, 0.5) is 4.39 Å². The first-order chi connectivity index (χ1) is 25.0. The Labute approximate surface area is 298 Å². The monoisotopic (exact) mass is 701 g/mol. The van der Waals surface area contributed by atoms with Gasteiger partial charge in [0.2, 0.25) is 6.86 Å². The van der Waals surface area contributed by atoms with Crippen LogP contribution in [0.25, 0.3) is 0 Å². The number of hydrogen-bond donors (Lipinski definition) is 1. The Morgan fingerprint density at radius 3 is 1.59 bits per heavy atom. The van der Waals surface area contributed by atoms with Crippen LogP contribution in [0.2, 0.25) is 0 Å². The summed E-state index contributed by atoms with van der Waals surface area (Å²) in [6, 6.07) is 47.8. The van der Waals surface area contributed by atoms with Crippen molar-refractivity contribution >= 4 is 27.8 Å². The summed E-state index contributed by atoms with van der Waals surface area (Å²) < 4.78 is 29.1. The predicted molar refractivity (Wildman–Crippen MR) is 196 cm³/mol. The van der Waals surface area contributed by atoms with Crippen molar-refractivity contribution in [3.63, 3.8) is 0 Å². The number of benzene rings is 5. The van der Waals surface area contributed by atoms with Crippen LogP contribution < -0.4 is 5.32 Å². The van der Waals surface area contributed by atoms with Gasteiger partial charge >= 0.3 is 11.9 Å². The Morgan fingerprint density at radius 1 is 0.706 bits per heavy atom. The van der Waals surface area contributed by atoms with E-state index in [1.165, 1.54) is 0 Å². The maximum atomic E-state index is 14.2. The molecule has 0 aromatic heterocycles. The van der Waals surface area contributed by atoms with E-state index in [1.807, 2.05) is 152 Å². The number of nitrogens with zero attached hydrogens (tertiary/aromatic N) is 2. The molecule has 0 saturated carbocycles. The van der Waals surface area contributed by atoms with E-state index in [9.17, 15) is 14.0 Å². The molecule has 2 unspecified atom stereocenters. The first-order valence-electron chi connectivity index (χ1n) is 16.4. The predicted octanol–water partition coefficient (Wildman–Crippen LogP) is 7.95. The van der Waals surface area contributed by atoms with Gasteiger partial charge in [0.15, 0.2) is 17.2 Å². The van der Waals surface area contributed by atoms with Crippen molar-refractivity contribution in [1.29, 1.82) is 0 Å². The molecule has 6 rings (SSSR count). The molecular weight excluding hydrogens is 666 g/mol. The molecule has 1 heterocycles. The van der Waals surface area contributed by atoms with Gasteiger partial charge in [-0.3, -0.25) is 9.59 Å². The topological polar surface area (TPSA) is 98.6 Å². The molecule has 10 heteroatoms. The number of esters is 2. The fourth-order valence-electron chi connectivity index (χ4n) is 5.96. The van der Waals surface area contributed by atoms with Gasteiger partial charge in [-0.1, -0.05) is 156 Å². The molecule has 5 aromatic rings. The van der Waals surface area contributed by atoms with Gasteiger partial charge in [-0.05, 0) is 34.7 Å². The first kappa shape index (κ1) is 35.1. The van der Waals surface area contributed by atoms with Crippen LogP contribution in [0.15, 0.2) is 172 Å². The molecule has 0 fully saturated rings. The fourth-order valence-corrected chi connectivity index (χ4v) is 7.23. The molecule has 0 spiro atoms. The normalized spacial score (nSPS) is 15.6. The highest BCUT2D eigenvalue weighted by Crippen LogP contribution is 2.41. The Balaban J connectivity index is 1.47. The van der Waals surface area contributed by atoms with Crippen molar-refractivity contribution in [2.45, 2.75) is 18.6 Å². The molecule has 1 N–H and O–H groups in total. The molecule has 0 bridgehead atoms. The number of aliphatic imine (C=N–C) groups is 1. The highest BCUT2D eigenvalue weighted by atomic mass is 32.2. The lowest BCUT2D eigenvalue weighted by molar-refractivity contribution is -0.162. The first-order valence-corrected chi connectivity index (χ1v) is 17.6. The van der Waals surface area contributed by atoms with E-state index in [2.05, 4.69) is 9.84 Å². The molecule has 1 aliphatic rings. The SMILES string of the molecule is CCOC(=O)C(C(=O)OC(c1ccccc1)c1ccccc1)C1=C/S(=N/OCF)C(=NC(c2ccccc2)(c2ccccc2)c2ccccc2)N1. The lowest BCUT2D eigenvalue weighted by atomic mass is 9.77. The highest BCUT2D eigenvalue weighted by molar-refractivity contribution is 8.05. The maximum absolute atomic E-state index is 14.2. The molecule has 0 saturated heterocycles. The Kier molecular flexibility index (Phi) is 11.6. The van der Waals surface area contributed by atoms with Gasteiger partial charge in [0.1, 0.15) is 5.54 Å². The number of alkyl halides is 1. The molecule has 2 atom stereocenters. The van der Waals surface area contributed by atoms with E-state index >= 15 is 0 Å². The Bertz CT molecular complexity index is 1880. The lowest BCUT2D eigenvalue weighted by Crippen LogP contribution is -2.37. The van der Waals surface area contributed by atoms with Gasteiger partial charge < -0.3 is 14.8 Å². The van der Waals surface area contributed by atoms with E-state index in [4.69, 9.17) is 19.3 Å². The summed E-state index contributed by atoms with van der Waals surface area (Å²) in [6.45, 7) is 0.501. The van der Waals surface area contributed by atoms with Crippen LogP contribution in [0.3, 0.4) is 0 Å². The molecule has 0 aliphatic carbocycles. The smallest absolute Gasteiger partial charge is 0.327 e. The number of amidine groups is 1. The molecule has 51 heavy (non-hydrogen) atoms. The lowest BCUT2D eigenvalue weighted by Gasteiger charge is -2.32. The van der Waals surface area contributed by atoms with E-state index in [1.54, 1.807) is 12.3 Å². The second-order valence-electron chi connectivity index (χ2n) is 11.4. The fraction of sp³-hybridized carbons (Fsp3) is 0.146. The Hall–Kier alpha value is -5.71. The summed E-state index contributed by atoms with van der Waals surface area (Å²) >= 11 is 0. The molecule has 5 aromatic carbocycles. The quantitative estimate of drug-likeness (QED) is 0.0579. The standard InChI is InChI=1S/C41H36FN3O5S/c1-2-48-38(46)36(39(47)50-37(30-18-8-3-9-19-30)31-20-10-4-11-21-31)35-28-51(45-49-29-42)40(43-35)44-41(32-22-12-5-13-23-32,33-24-14-6-15-25-33)34-26-16-7-17-27-34/h3-28,36-37H,2,29H2,1H3,(H,43,44). The average molecular weight is 702 g/mol. The van der Waals surface area contributed by atoms with Gasteiger partial charge in [-0.25, -0.2) is 14.2 Å². The zero-order valence-corrected chi connectivity index (χ0v) is 28.6. The minimum atomic E-state index is -1.54. The van der Waals surface area contributed by atoms with Crippen molar-refractivity contribution < 1.29 is 28.3 Å². The number of ether oxygens (including phenoxy) is 2. The van der Waals surface area contributed by atoms with Crippen LogP contribution in [0, 0.1) is 5.92 Å². The van der Waals surface area contributed by atoms with E-state index in [0.29, 0.717) is 0 Å². The van der Waals surface area contributed by atoms with Gasteiger partial charge in [0.25, 0.3) is 0 Å². The third kappa shape index (κ3) is 7.88. The summed E-state index contributed by atoms with van der Waals surface area (Å²) in [5.74, 6) is -3.21. The zero-order chi connectivity index (χ0) is 35.5. The van der Waals surface area contributed by atoms with Gasteiger partial charge in [0.05, 0.1) is 12.3 Å². The largest absolute Gasteiger partial charge is 0.465 e. The maximum Gasteiger partial charge on any atom is 0.327 e. The Morgan fingerprint density at radius 2 is 1.16 bits per heavy atom. The number of halogens is 1. The molecular formula is C41H36FN3O5S. The summed E-state index contributed by atoms with van der Waals surface area (Å²) in [4.78, 5) is 38.2. The number of hydrogen-bond acceptors (Lipinski definition) is 7. The number of rotatable bonds is 13. The molecule has 258 valence electrons. The van der Waals surface area contributed by atoms with Gasteiger partial charge in [0, 0.05) is 16.1 Å². The second kappa shape index (κ2) is 16.8. The number of nitrogens with one attached hydrogen (secondary N) is 1. The van der Waals surface area contributed by atoms with E-state index < -0.39 is 47.1 Å². The van der Waals surface area contributed by atoms with E-state index in [0.717, 1.165) is 27.8 Å². The highest BCUT2D eigenvalue weighted by Gasteiger charge is 2.42. The van der Waals surface area contributed by atoms with Crippen LogP contribution >= 0.6 is 0 Å². The van der Waals surface area contributed by atoms with Crippen molar-refractivity contribution in [3.05, 3.63) is 191 Å². The van der Waals surface area contributed by atoms with Crippen LogP contribution in [-0.2, 0) is 40.1 Å². The molecule has 8 nitrogen and oxygen atoms in total. The van der Waals surface area contributed by atoms with Crippen molar-refractivity contribution in [2.75, 3.05) is 13.5 Å². The van der Waals surface area contributed by atoms with Crippen molar-refractivity contribution in [3.8, 4) is 0 Å². The summed E-state index contributed by atoms with van der Waals surface area (Å²) in [5.41, 5.74) is 2.98. The third-order valence-corrected chi connectivity index (χ3v) is 9.55. The molecule has 1 aliphatic heterocycles. The van der Waals surface area contributed by atoms with Gasteiger partial charge in [-0.2, -0.15) is 0 Å². The zero-order valence-electron chi connectivity index (χ0n) is 27.8. The minimum Gasteiger partial charge on any atom is -0.465 e. The van der Waals surface area contributed by atoms with Crippen LogP contribution in [0.5, 0.6) is 0 Å². The molecule has 0 amide bonds. The van der Waals surface area contributed by atoms with Crippen LogP contribution in [0.1, 0.15) is 40.8 Å². The van der Waals surface area contributed by atoms with Crippen molar-refractivity contribution in [1.82, 2.24) is 5.32 Å². The molecule has 0 radical (unpaired) electrons. The van der Waals surface area contributed by atoms with Crippen LogP contribution in [-0.4, -0.2) is 30.6 Å². The summed E-state index contributed by atoms with van der Waals surface area (Å²) in [5, 5.41) is 5.01. The average Bonchev–Trinajstić information content (AvgIpc) is 3.58. The number of carbonyl (C=O) groups is 2.